The first-order valence-electron chi connectivity index (χ1n) is 11.1. The topological polar surface area (TPSA) is 70.7 Å². The van der Waals surface area contributed by atoms with Crippen LogP contribution in [0.5, 0.6) is 5.75 Å². The highest BCUT2D eigenvalue weighted by atomic mass is 16.5. The van der Waals surface area contributed by atoms with Crippen LogP contribution in [0.2, 0.25) is 0 Å². The van der Waals surface area contributed by atoms with Crippen molar-refractivity contribution < 1.29 is 14.3 Å². The van der Waals surface area contributed by atoms with E-state index in [4.69, 9.17) is 4.74 Å². The Kier molecular flexibility index (Phi) is 5.08. The first-order valence-corrected chi connectivity index (χ1v) is 11.1. The highest BCUT2D eigenvalue weighted by molar-refractivity contribution is 5.97. The molecule has 0 saturated heterocycles. The molecule has 3 aliphatic rings. The number of carbonyl (C=O) groups excluding carboxylic acids is 2. The first-order chi connectivity index (χ1) is 15.0. The van der Waals surface area contributed by atoms with E-state index < -0.39 is 0 Å². The van der Waals surface area contributed by atoms with E-state index in [0.29, 0.717) is 6.54 Å². The summed E-state index contributed by atoms with van der Waals surface area (Å²) in [5.74, 6) is 1.22. The maximum Gasteiger partial charge on any atom is 0.315 e. The van der Waals surface area contributed by atoms with Gasteiger partial charge in [0.15, 0.2) is 0 Å². The second-order valence-corrected chi connectivity index (χ2v) is 9.25. The predicted octanol–water partition coefficient (Wildman–Crippen LogP) is 3.64. The number of urea groups is 1. The number of anilines is 1. The molecule has 0 aromatic heterocycles. The zero-order valence-electron chi connectivity index (χ0n) is 17.9. The van der Waals surface area contributed by atoms with Crippen LogP contribution in [0.4, 0.5) is 10.5 Å². The van der Waals surface area contributed by atoms with E-state index in [1.807, 2.05) is 41.3 Å². The zero-order valence-corrected chi connectivity index (χ0v) is 17.9. The maximum absolute atomic E-state index is 13.0. The van der Waals surface area contributed by atoms with Crippen molar-refractivity contribution in [3.05, 3.63) is 59.7 Å². The zero-order chi connectivity index (χ0) is 21.4. The summed E-state index contributed by atoms with van der Waals surface area (Å²) in [6.07, 6.45) is 4.82. The van der Waals surface area contributed by atoms with E-state index >= 15 is 0 Å². The largest absolute Gasteiger partial charge is 0.497 e. The molecule has 1 aliphatic heterocycles. The summed E-state index contributed by atoms with van der Waals surface area (Å²) in [4.78, 5) is 27.2. The van der Waals surface area contributed by atoms with Crippen LogP contribution in [0.3, 0.4) is 0 Å². The van der Waals surface area contributed by atoms with Crippen LogP contribution >= 0.6 is 0 Å². The van der Waals surface area contributed by atoms with E-state index in [2.05, 4.69) is 22.8 Å². The lowest BCUT2D eigenvalue weighted by molar-refractivity contribution is -0.135. The third kappa shape index (κ3) is 3.87. The van der Waals surface area contributed by atoms with E-state index in [0.717, 1.165) is 55.6 Å². The molecule has 2 aromatic rings. The normalized spacial score (nSPS) is 25.9. The fraction of sp³-hybridized carbons (Fsp3) is 0.440. The van der Waals surface area contributed by atoms with Crippen LogP contribution in [-0.4, -0.2) is 31.6 Å². The number of nitrogens with zero attached hydrogens (tertiary/aromatic N) is 1. The summed E-state index contributed by atoms with van der Waals surface area (Å²) in [6.45, 7) is 1.29. The lowest BCUT2D eigenvalue weighted by Crippen LogP contribution is -2.59. The van der Waals surface area contributed by atoms with Gasteiger partial charge in [0, 0.05) is 30.7 Å². The van der Waals surface area contributed by atoms with Gasteiger partial charge in [0.1, 0.15) is 5.75 Å². The van der Waals surface area contributed by atoms with Gasteiger partial charge in [0.25, 0.3) is 0 Å². The van der Waals surface area contributed by atoms with Crippen molar-refractivity contribution in [3.8, 4) is 5.75 Å². The van der Waals surface area contributed by atoms with Crippen LogP contribution in [0.15, 0.2) is 48.5 Å². The molecule has 3 amide bonds. The van der Waals surface area contributed by atoms with Crippen molar-refractivity contribution in [2.24, 2.45) is 11.3 Å². The molecule has 1 heterocycles. The van der Waals surface area contributed by atoms with Crippen LogP contribution < -0.4 is 20.3 Å². The second kappa shape index (κ2) is 7.91. The first kappa shape index (κ1) is 19.9. The van der Waals surface area contributed by atoms with Gasteiger partial charge in [0.05, 0.1) is 7.11 Å². The van der Waals surface area contributed by atoms with Gasteiger partial charge in [-0.1, -0.05) is 30.3 Å². The number of rotatable bonds is 5. The molecule has 2 fully saturated rings. The number of hydrogen-bond acceptors (Lipinski definition) is 3. The summed E-state index contributed by atoms with van der Waals surface area (Å²) in [7, 11) is 1.64. The van der Waals surface area contributed by atoms with Gasteiger partial charge in [0.2, 0.25) is 5.91 Å². The molecular weight excluding hydrogens is 390 g/mol. The van der Waals surface area contributed by atoms with Crippen molar-refractivity contribution in [1.82, 2.24) is 10.6 Å². The molecule has 2 aliphatic carbocycles. The number of carbonyl (C=O) groups is 2. The van der Waals surface area contributed by atoms with Gasteiger partial charge in [-0.05, 0) is 66.8 Å². The monoisotopic (exact) mass is 419 g/mol. The molecule has 2 saturated carbocycles. The third-order valence-corrected chi connectivity index (χ3v) is 7.17. The Morgan fingerprint density at radius 3 is 2.55 bits per heavy atom. The Balaban J connectivity index is 1.04. The molecular formula is C25H29N3O3. The Hall–Kier alpha value is -3.02. The molecule has 162 valence electrons. The van der Waals surface area contributed by atoms with Gasteiger partial charge < -0.3 is 20.3 Å². The fourth-order valence-corrected chi connectivity index (χ4v) is 5.53. The maximum atomic E-state index is 13.0. The van der Waals surface area contributed by atoms with Gasteiger partial charge in [-0.25, -0.2) is 4.79 Å². The Labute approximate surface area is 183 Å². The molecule has 0 atom stereocenters. The minimum atomic E-state index is -0.128. The van der Waals surface area contributed by atoms with Crippen LogP contribution in [0.25, 0.3) is 0 Å². The number of nitrogens with one attached hydrogen (secondary N) is 2. The summed E-state index contributed by atoms with van der Waals surface area (Å²) in [5, 5.41) is 6.00. The summed E-state index contributed by atoms with van der Waals surface area (Å²) >= 11 is 0. The Bertz CT molecular complexity index is 974. The lowest BCUT2D eigenvalue weighted by atomic mass is 9.50. The number of fused-ring (bicyclic) bond motifs is 1. The summed E-state index contributed by atoms with van der Waals surface area (Å²) in [6, 6.07) is 16.0. The number of amides is 3. The van der Waals surface area contributed by atoms with Crippen molar-refractivity contribution >= 4 is 17.6 Å². The summed E-state index contributed by atoms with van der Waals surface area (Å²) < 4.78 is 5.15. The fourth-order valence-electron chi connectivity index (χ4n) is 5.53. The molecule has 0 unspecified atom stereocenters. The molecule has 5 rings (SSSR count). The average molecular weight is 420 g/mol. The van der Waals surface area contributed by atoms with Gasteiger partial charge >= 0.3 is 6.03 Å². The highest BCUT2D eigenvalue weighted by Gasteiger charge is 2.55. The molecule has 2 aromatic carbocycles. The van der Waals surface area contributed by atoms with Crippen molar-refractivity contribution in [2.45, 2.75) is 44.7 Å². The summed E-state index contributed by atoms with van der Waals surface area (Å²) in [5.41, 5.74) is 3.66. The smallest absolute Gasteiger partial charge is 0.315 e. The predicted molar refractivity (Wildman–Crippen MR) is 119 cm³/mol. The average Bonchev–Trinajstić information content (AvgIpc) is 3.17. The SMILES string of the molecule is COc1ccc(CNC(=O)NC2CC3(C2)CC(C(=O)N2CCc4ccccc42)C3)cc1. The number of hydrogen-bond donors (Lipinski definition) is 2. The van der Waals surface area contributed by atoms with E-state index in [9.17, 15) is 9.59 Å². The van der Waals surface area contributed by atoms with Gasteiger partial charge in [-0.15, -0.1) is 0 Å². The minimum absolute atomic E-state index is 0.128. The molecule has 31 heavy (non-hydrogen) atoms. The number of benzene rings is 2. The molecule has 0 bridgehead atoms. The lowest BCUT2D eigenvalue weighted by Gasteiger charge is -2.57. The number of methoxy groups -OCH3 is 1. The van der Waals surface area contributed by atoms with Crippen LogP contribution in [-0.2, 0) is 17.8 Å². The number of para-hydroxylation sites is 1. The second-order valence-electron chi connectivity index (χ2n) is 9.25. The molecule has 6 heteroatoms. The van der Waals surface area contributed by atoms with Crippen molar-refractivity contribution in [1.29, 1.82) is 0 Å². The standard InChI is InChI=1S/C25H29N3O3/c1-31-21-8-6-17(7-9-21)16-26-24(30)27-20-14-25(15-20)12-19(13-25)23(29)28-11-10-18-4-2-3-5-22(18)28/h2-9,19-20H,10-16H2,1H3,(H2,26,27,30). The van der Waals surface area contributed by atoms with Gasteiger partial charge in [-0.2, -0.15) is 0 Å². The van der Waals surface area contributed by atoms with Crippen molar-refractivity contribution in [3.63, 3.8) is 0 Å². The van der Waals surface area contributed by atoms with E-state index in [1.165, 1.54) is 5.56 Å². The Morgan fingerprint density at radius 1 is 1.06 bits per heavy atom. The molecule has 1 spiro atoms. The quantitative estimate of drug-likeness (QED) is 0.777. The van der Waals surface area contributed by atoms with Gasteiger partial charge in [-0.3, -0.25) is 4.79 Å². The third-order valence-electron chi connectivity index (χ3n) is 7.17. The van der Waals surface area contributed by atoms with Crippen LogP contribution in [0.1, 0.15) is 36.8 Å². The highest BCUT2D eigenvalue weighted by Crippen LogP contribution is 2.59. The number of ether oxygens (including phenoxy) is 1. The Morgan fingerprint density at radius 2 is 1.81 bits per heavy atom. The molecule has 2 N–H and O–H groups in total. The van der Waals surface area contributed by atoms with Crippen molar-refractivity contribution in [2.75, 3.05) is 18.6 Å². The van der Waals surface area contributed by atoms with E-state index in [-0.39, 0.29) is 29.3 Å². The van der Waals surface area contributed by atoms with E-state index in [1.54, 1.807) is 7.11 Å². The minimum Gasteiger partial charge on any atom is -0.497 e. The van der Waals surface area contributed by atoms with Crippen LogP contribution in [0, 0.1) is 11.3 Å². The molecule has 0 radical (unpaired) electrons. The molecule has 6 nitrogen and oxygen atoms in total.